The van der Waals surface area contributed by atoms with Crippen molar-refractivity contribution in [2.24, 2.45) is 0 Å². The Morgan fingerprint density at radius 3 is 3.17 bits per heavy atom. The van der Waals surface area contributed by atoms with Gasteiger partial charge in [-0.3, -0.25) is 4.79 Å². The van der Waals surface area contributed by atoms with Gasteiger partial charge in [0.1, 0.15) is 5.69 Å². The minimum Gasteiger partial charge on any atom is -0.341 e. The van der Waals surface area contributed by atoms with Gasteiger partial charge in [-0.25, -0.2) is 4.98 Å². The molecule has 0 spiro atoms. The molecule has 1 aliphatic rings. The van der Waals surface area contributed by atoms with Crippen molar-refractivity contribution in [2.75, 3.05) is 11.9 Å². The zero-order chi connectivity index (χ0) is 12.4. The molecular formula is C13H14N4O. The smallest absolute Gasteiger partial charge is 0.273 e. The summed E-state index contributed by atoms with van der Waals surface area (Å²) in [5, 5.41) is 6.24. The number of carbonyl (C=O) groups excluding carboxylic acids is 1. The summed E-state index contributed by atoms with van der Waals surface area (Å²) >= 11 is 0. The number of amides is 1. The third-order valence-corrected chi connectivity index (χ3v) is 3.14. The van der Waals surface area contributed by atoms with Crippen molar-refractivity contribution < 1.29 is 4.79 Å². The first-order valence-corrected chi connectivity index (χ1v) is 5.96. The topological polar surface area (TPSA) is 69.8 Å². The summed E-state index contributed by atoms with van der Waals surface area (Å²) in [5.41, 5.74) is 3.82. The SMILES string of the molecule is O=C(Nc1cccc2c1CNCC2)c1cnc[nH]1. The molecule has 2 aromatic rings. The molecule has 1 aromatic carbocycles. The predicted molar refractivity (Wildman–Crippen MR) is 68.4 cm³/mol. The number of hydrogen-bond donors (Lipinski definition) is 3. The molecule has 0 aliphatic carbocycles. The molecule has 0 fully saturated rings. The molecular weight excluding hydrogens is 228 g/mol. The molecule has 5 heteroatoms. The van der Waals surface area contributed by atoms with Gasteiger partial charge in [0.2, 0.25) is 0 Å². The fraction of sp³-hybridized carbons (Fsp3) is 0.231. The molecule has 3 N–H and O–H groups in total. The van der Waals surface area contributed by atoms with Gasteiger partial charge in [0.15, 0.2) is 0 Å². The van der Waals surface area contributed by atoms with Crippen LogP contribution in [0.1, 0.15) is 21.6 Å². The van der Waals surface area contributed by atoms with Crippen LogP contribution in [0.3, 0.4) is 0 Å². The van der Waals surface area contributed by atoms with Crippen LogP contribution < -0.4 is 10.6 Å². The lowest BCUT2D eigenvalue weighted by Crippen LogP contribution is -2.25. The van der Waals surface area contributed by atoms with Crippen LogP contribution in [-0.4, -0.2) is 22.4 Å². The number of hydrogen-bond acceptors (Lipinski definition) is 3. The van der Waals surface area contributed by atoms with Crippen LogP contribution in [0.5, 0.6) is 0 Å². The Morgan fingerprint density at radius 1 is 1.39 bits per heavy atom. The average molecular weight is 242 g/mol. The van der Waals surface area contributed by atoms with Crippen LogP contribution in [0.25, 0.3) is 0 Å². The van der Waals surface area contributed by atoms with E-state index < -0.39 is 0 Å². The summed E-state index contributed by atoms with van der Waals surface area (Å²) in [6.07, 6.45) is 4.02. The van der Waals surface area contributed by atoms with Crippen LogP contribution in [-0.2, 0) is 13.0 Å². The van der Waals surface area contributed by atoms with Crippen molar-refractivity contribution in [3.8, 4) is 0 Å². The Kier molecular flexibility index (Phi) is 2.82. The van der Waals surface area contributed by atoms with Gasteiger partial charge >= 0.3 is 0 Å². The second kappa shape index (κ2) is 4.62. The Balaban J connectivity index is 1.87. The maximum atomic E-state index is 12.0. The fourth-order valence-corrected chi connectivity index (χ4v) is 2.20. The first-order valence-electron chi connectivity index (χ1n) is 5.96. The van der Waals surface area contributed by atoms with Crippen molar-refractivity contribution in [3.05, 3.63) is 47.5 Å². The highest BCUT2D eigenvalue weighted by Crippen LogP contribution is 2.23. The van der Waals surface area contributed by atoms with E-state index in [9.17, 15) is 4.79 Å². The van der Waals surface area contributed by atoms with Gasteiger partial charge in [-0.15, -0.1) is 0 Å². The lowest BCUT2D eigenvalue weighted by molar-refractivity contribution is 0.102. The number of carbonyl (C=O) groups is 1. The Hall–Kier alpha value is -2.14. The molecule has 1 amide bonds. The Bertz CT molecular complexity index is 562. The molecule has 0 bridgehead atoms. The quantitative estimate of drug-likeness (QED) is 0.743. The number of nitrogens with one attached hydrogen (secondary N) is 3. The number of aromatic nitrogens is 2. The molecule has 0 unspecified atom stereocenters. The summed E-state index contributed by atoms with van der Waals surface area (Å²) in [5.74, 6) is -0.161. The molecule has 5 nitrogen and oxygen atoms in total. The van der Waals surface area contributed by atoms with Crippen LogP contribution in [0.15, 0.2) is 30.7 Å². The van der Waals surface area contributed by atoms with Gasteiger partial charge in [-0.1, -0.05) is 12.1 Å². The van der Waals surface area contributed by atoms with Crippen LogP contribution in [0, 0.1) is 0 Å². The van der Waals surface area contributed by atoms with E-state index in [1.165, 1.54) is 23.7 Å². The summed E-state index contributed by atoms with van der Waals surface area (Å²) < 4.78 is 0. The first kappa shape index (κ1) is 11.0. The van der Waals surface area contributed by atoms with E-state index in [1.807, 2.05) is 12.1 Å². The minimum absolute atomic E-state index is 0.161. The molecule has 0 radical (unpaired) electrons. The number of aromatic amines is 1. The third kappa shape index (κ3) is 2.00. The van der Waals surface area contributed by atoms with E-state index in [0.717, 1.165) is 25.2 Å². The van der Waals surface area contributed by atoms with Gasteiger partial charge in [0, 0.05) is 12.2 Å². The molecule has 92 valence electrons. The van der Waals surface area contributed by atoms with Gasteiger partial charge in [-0.05, 0) is 30.2 Å². The summed E-state index contributed by atoms with van der Waals surface area (Å²) in [4.78, 5) is 18.6. The molecule has 1 aromatic heterocycles. The number of benzene rings is 1. The molecule has 0 atom stereocenters. The van der Waals surface area contributed by atoms with E-state index in [2.05, 4.69) is 26.7 Å². The Labute approximate surface area is 105 Å². The largest absolute Gasteiger partial charge is 0.341 e. The Morgan fingerprint density at radius 2 is 2.33 bits per heavy atom. The molecule has 2 heterocycles. The van der Waals surface area contributed by atoms with Gasteiger partial charge in [0.05, 0.1) is 12.5 Å². The molecule has 3 rings (SSSR count). The zero-order valence-electron chi connectivity index (χ0n) is 9.86. The average Bonchev–Trinajstić information content (AvgIpc) is 2.93. The summed E-state index contributed by atoms with van der Waals surface area (Å²) in [6.45, 7) is 1.79. The lowest BCUT2D eigenvalue weighted by Gasteiger charge is -2.20. The highest BCUT2D eigenvalue weighted by atomic mass is 16.1. The van der Waals surface area contributed by atoms with E-state index >= 15 is 0 Å². The molecule has 0 saturated carbocycles. The maximum Gasteiger partial charge on any atom is 0.273 e. The van der Waals surface area contributed by atoms with Crippen molar-refractivity contribution in [1.29, 1.82) is 0 Å². The highest BCUT2D eigenvalue weighted by Gasteiger charge is 2.15. The highest BCUT2D eigenvalue weighted by molar-refractivity contribution is 6.03. The molecule has 18 heavy (non-hydrogen) atoms. The van der Waals surface area contributed by atoms with Crippen LogP contribution in [0.2, 0.25) is 0 Å². The number of H-pyrrole nitrogens is 1. The number of rotatable bonds is 2. The number of nitrogens with zero attached hydrogens (tertiary/aromatic N) is 1. The second-order valence-electron chi connectivity index (χ2n) is 4.29. The number of fused-ring (bicyclic) bond motifs is 1. The molecule has 0 saturated heterocycles. The van der Waals surface area contributed by atoms with Crippen molar-refractivity contribution in [2.45, 2.75) is 13.0 Å². The summed E-state index contributed by atoms with van der Waals surface area (Å²) in [7, 11) is 0. The van der Waals surface area contributed by atoms with Gasteiger partial charge < -0.3 is 15.6 Å². The van der Waals surface area contributed by atoms with E-state index in [-0.39, 0.29) is 5.91 Å². The zero-order valence-corrected chi connectivity index (χ0v) is 9.86. The molecule has 1 aliphatic heterocycles. The lowest BCUT2D eigenvalue weighted by atomic mass is 9.99. The van der Waals surface area contributed by atoms with Crippen LogP contribution >= 0.6 is 0 Å². The van der Waals surface area contributed by atoms with Crippen molar-refractivity contribution >= 4 is 11.6 Å². The van der Waals surface area contributed by atoms with E-state index in [1.54, 1.807) is 0 Å². The van der Waals surface area contributed by atoms with Gasteiger partial charge in [-0.2, -0.15) is 0 Å². The number of imidazole rings is 1. The third-order valence-electron chi connectivity index (χ3n) is 3.14. The van der Waals surface area contributed by atoms with E-state index in [0.29, 0.717) is 5.69 Å². The monoisotopic (exact) mass is 242 g/mol. The standard InChI is InChI=1S/C13H14N4O/c18-13(12-7-15-8-16-12)17-11-3-1-2-9-4-5-14-6-10(9)11/h1-3,7-8,14H,4-6H2,(H,15,16)(H,17,18). The van der Waals surface area contributed by atoms with Gasteiger partial charge in [0.25, 0.3) is 5.91 Å². The van der Waals surface area contributed by atoms with Crippen LogP contribution in [0.4, 0.5) is 5.69 Å². The minimum atomic E-state index is -0.161. The van der Waals surface area contributed by atoms with Crippen molar-refractivity contribution in [3.63, 3.8) is 0 Å². The second-order valence-corrected chi connectivity index (χ2v) is 4.29. The first-order chi connectivity index (χ1) is 8.84. The fourth-order valence-electron chi connectivity index (χ4n) is 2.20. The van der Waals surface area contributed by atoms with E-state index in [4.69, 9.17) is 0 Å². The predicted octanol–water partition coefficient (Wildman–Crippen LogP) is 1.31. The maximum absolute atomic E-state index is 12.0. The summed E-state index contributed by atoms with van der Waals surface area (Å²) in [6, 6.07) is 6.02. The number of anilines is 1. The normalized spacial score (nSPS) is 14.0. The van der Waals surface area contributed by atoms with Crippen molar-refractivity contribution in [1.82, 2.24) is 15.3 Å².